The molecule has 0 aromatic heterocycles. The molecule has 1 aliphatic rings. The van der Waals surface area contributed by atoms with Crippen molar-refractivity contribution >= 4 is 0 Å². The molecule has 1 fully saturated rings. The van der Waals surface area contributed by atoms with Crippen LogP contribution in [-0.4, -0.2) is 20.2 Å². The summed E-state index contributed by atoms with van der Waals surface area (Å²) < 4.78 is 5.14. The fourth-order valence-corrected chi connectivity index (χ4v) is 1.53. The van der Waals surface area contributed by atoms with Crippen molar-refractivity contribution in [3.05, 3.63) is 29.8 Å². The number of hydrogen-bond donors (Lipinski definition) is 2. The molecule has 1 aromatic rings. The van der Waals surface area contributed by atoms with Crippen LogP contribution in [0.25, 0.3) is 0 Å². The number of nitrogens with two attached hydrogens (primary N) is 1. The van der Waals surface area contributed by atoms with Crippen molar-refractivity contribution in [2.24, 2.45) is 5.73 Å². The monoisotopic (exact) mass is 178 g/mol. The van der Waals surface area contributed by atoms with Crippen LogP contribution < -0.4 is 15.8 Å². The molecule has 0 atom stereocenters. The normalized spacial score (nSPS) is 19.2. The van der Waals surface area contributed by atoms with E-state index in [1.807, 2.05) is 24.3 Å². The molecular formula is C10H14N2O. The minimum Gasteiger partial charge on any atom is -0.497 e. The maximum absolute atomic E-state index is 6.13. The zero-order chi connectivity index (χ0) is 9.31. The lowest BCUT2D eigenvalue weighted by Gasteiger charge is -2.39. The van der Waals surface area contributed by atoms with E-state index in [-0.39, 0.29) is 5.54 Å². The van der Waals surface area contributed by atoms with Crippen molar-refractivity contribution in [1.82, 2.24) is 5.32 Å². The molecule has 2 rings (SSSR count). The van der Waals surface area contributed by atoms with Crippen molar-refractivity contribution < 1.29 is 4.74 Å². The average molecular weight is 178 g/mol. The molecule has 1 aromatic carbocycles. The van der Waals surface area contributed by atoms with Gasteiger partial charge in [0.25, 0.3) is 0 Å². The van der Waals surface area contributed by atoms with Gasteiger partial charge in [-0.15, -0.1) is 0 Å². The fourth-order valence-electron chi connectivity index (χ4n) is 1.53. The predicted octanol–water partition coefficient (Wildman–Crippen LogP) is 0.452. The van der Waals surface area contributed by atoms with E-state index >= 15 is 0 Å². The number of nitrogens with one attached hydrogen (secondary N) is 1. The molecule has 1 saturated heterocycles. The van der Waals surface area contributed by atoms with Crippen LogP contribution in [0.15, 0.2) is 24.3 Å². The van der Waals surface area contributed by atoms with E-state index in [9.17, 15) is 0 Å². The van der Waals surface area contributed by atoms with Gasteiger partial charge in [0.1, 0.15) is 5.75 Å². The molecule has 0 amide bonds. The summed E-state index contributed by atoms with van der Waals surface area (Å²) >= 11 is 0. The standard InChI is InChI=1S/C10H14N2O/c1-13-9-4-2-3-8(5-9)10(11)6-12-7-10/h2-5,12H,6-7,11H2,1H3. The predicted molar refractivity (Wildman–Crippen MR) is 51.7 cm³/mol. The third-order valence-electron chi connectivity index (χ3n) is 2.53. The summed E-state index contributed by atoms with van der Waals surface area (Å²) in [5.74, 6) is 0.870. The lowest BCUT2D eigenvalue weighted by molar-refractivity contribution is 0.286. The molecule has 0 unspecified atom stereocenters. The highest BCUT2D eigenvalue weighted by atomic mass is 16.5. The van der Waals surface area contributed by atoms with Crippen LogP contribution in [0.2, 0.25) is 0 Å². The lowest BCUT2D eigenvalue weighted by Crippen LogP contribution is -2.62. The van der Waals surface area contributed by atoms with Crippen molar-refractivity contribution in [3.63, 3.8) is 0 Å². The quantitative estimate of drug-likeness (QED) is 0.691. The van der Waals surface area contributed by atoms with Crippen LogP contribution in [0.5, 0.6) is 5.75 Å². The Morgan fingerprint density at radius 1 is 1.46 bits per heavy atom. The van der Waals surface area contributed by atoms with Gasteiger partial charge in [-0.2, -0.15) is 0 Å². The van der Waals surface area contributed by atoms with Crippen molar-refractivity contribution in [3.8, 4) is 5.75 Å². The molecular weight excluding hydrogens is 164 g/mol. The topological polar surface area (TPSA) is 47.3 Å². The van der Waals surface area contributed by atoms with E-state index in [2.05, 4.69) is 5.32 Å². The van der Waals surface area contributed by atoms with E-state index in [0.29, 0.717) is 0 Å². The van der Waals surface area contributed by atoms with Gasteiger partial charge >= 0.3 is 0 Å². The third kappa shape index (κ3) is 1.41. The van der Waals surface area contributed by atoms with Crippen LogP contribution in [-0.2, 0) is 5.54 Å². The van der Waals surface area contributed by atoms with Gasteiger partial charge < -0.3 is 15.8 Å². The summed E-state index contributed by atoms with van der Waals surface area (Å²) in [4.78, 5) is 0. The molecule has 1 aliphatic heterocycles. The zero-order valence-electron chi connectivity index (χ0n) is 7.71. The van der Waals surface area contributed by atoms with E-state index in [1.165, 1.54) is 0 Å². The highest BCUT2D eigenvalue weighted by molar-refractivity contribution is 5.35. The summed E-state index contributed by atoms with van der Waals surface area (Å²) in [6, 6.07) is 7.95. The summed E-state index contributed by atoms with van der Waals surface area (Å²) in [7, 11) is 1.67. The van der Waals surface area contributed by atoms with Crippen LogP contribution in [0.4, 0.5) is 0 Å². The number of benzene rings is 1. The number of ether oxygens (including phenoxy) is 1. The summed E-state index contributed by atoms with van der Waals surface area (Å²) in [5, 5.41) is 3.17. The number of methoxy groups -OCH3 is 1. The Balaban J connectivity index is 2.29. The molecule has 70 valence electrons. The summed E-state index contributed by atoms with van der Waals surface area (Å²) in [6.07, 6.45) is 0. The molecule has 0 aliphatic carbocycles. The second-order valence-corrected chi connectivity index (χ2v) is 3.49. The molecule has 3 N–H and O–H groups in total. The Labute approximate surface area is 77.9 Å². The van der Waals surface area contributed by atoms with Gasteiger partial charge in [0.2, 0.25) is 0 Å². The first-order valence-corrected chi connectivity index (χ1v) is 4.39. The molecule has 0 radical (unpaired) electrons. The van der Waals surface area contributed by atoms with Gasteiger partial charge in [-0.25, -0.2) is 0 Å². The lowest BCUT2D eigenvalue weighted by atomic mass is 9.85. The number of hydrogen-bond acceptors (Lipinski definition) is 3. The second-order valence-electron chi connectivity index (χ2n) is 3.49. The average Bonchev–Trinajstić information content (AvgIpc) is 2.14. The first kappa shape index (κ1) is 8.53. The van der Waals surface area contributed by atoms with Gasteiger partial charge in [-0.3, -0.25) is 0 Å². The second kappa shape index (κ2) is 3.01. The van der Waals surface area contributed by atoms with Crippen LogP contribution in [0.3, 0.4) is 0 Å². The Bertz CT molecular complexity index is 308. The minimum atomic E-state index is -0.186. The Morgan fingerprint density at radius 2 is 2.23 bits per heavy atom. The van der Waals surface area contributed by atoms with Crippen molar-refractivity contribution in [2.45, 2.75) is 5.54 Å². The minimum absolute atomic E-state index is 0.186. The molecule has 0 spiro atoms. The Kier molecular flexibility index (Phi) is 1.98. The fraction of sp³-hybridized carbons (Fsp3) is 0.400. The van der Waals surface area contributed by atoms with Gasteiger partial charge in [0.15, 0.2) is 0 Å². The molecule has 0 saturated carbocycles. The summed E-state index contributed by atoms with van der Waals surface area (Å²) in [6.45, 7) is 1.69. The van der Waals surface area contributed by atoms with Gasteiger partial charge in [-0.05, 0) is 17.7 Å². The largest absolute Gasteiger partial charge is 0.497 e. The first-order valence-electron chi connectivity index (χ1n) is 4.39. The summed E-state index contributed by atoms with van der Waals surface area (Å²) in [5.41, 5.74) is 7.09. The van der Waals surface area contributed by atoms with E-state index < -0.39 is 0 Å². The van der Waals surface area contributed by atoms with E-state index in [1.54, 1.807) is 7.11 Å². The maximum Gasteiger partial charge on any atom is 0.119 e. The molecule has 1 heterocycles. The Hall–Kier alpha value is -1.06. The van der Waals surface area contributed by atoms with Crippen molar-refractivity contribution in [1.29, 1.82) is 0 Å². The van der Waals surface area contributed by atoms with Gasteiger partial charge in [-0.1, -0.05) is 12.1 Å². The maximum atomic E-state index is 6.13. The van der Waals surface area contributed by atoms with Crippen LogP contribution in [0, 0.1) is 0 Å². The highest BCUT2D eigenvalue weighted by Gasteiger charge is 2.34. The molecule has 3 heteroatoms. The van der Waals surface area contributed by atoms with E-state index in [4.69, 9.17) is 10.5 Å². The number of rotatable bonds is 2. The smallest absolute Gasteiger partial charge is 0.119 e. The molecule has 13 heavy (non-hydrogen) atoms. The van der Waals surface area contributed by atoms with Gasteiger partial charge in [0.05, 0.1) is 12.6 Å². The van der Waals surface area contributed by atoms with Crippen LogP contribution >= 0.6 is 0 Å². The van der Waals surface area contributed by atoms with E-state index in [0.717, 1.165) is 24.4 Å². The van der Waals surface area contributed by atoms with Crippen LogP contribution in [0.1, 0.15) is 5.56 Å². The Morgan fingerprint density at radius 3 is 2.77 bits per heavy atom. The molecule has 3 nitrogen and oxygen atoms in total. The zero-order valence-corrected chi connectivity index (χ0v) is 7.71. The van der Waals surface area contributed by atoms with Crippen molar-refractivity contribution in [2.75, 3.05) is 20.2 Å². The highest BCUT2D eigenvalue weighted by Crippen LogP contribution is 2.25. The van der Waals surface area contributed by atoms with Gasteiger partial charge in [0, 0.05) is 13.1 Å². The third-order valence-corrected chi connectivity index (χ3v) is 2.53. The molecule has 0 bridgehead atoms. The SMILES string of the molecule is COc1cccc(C2(N)CNC2)c1. The first-order chi connectivity index (χ1) is 6.24.